The number of nitrogens with zero attached hydrogens (tertiary/aromatic N) is 4. The number of amides is 1. The number of para-hydroxylation sites is 1. The third-order valence-corrected chi connectivity index (χ3v) is 7.59. The molecule has 0 bridgehead atoms. The molecule has 1 aromatic heterocycles. The average molecular weight is 559 g/mol. The van der Waals surface area contributed by atoms with Crippen molar-refractivity contribution in [3.8, 4) is 23.0 Å². The van der Waals surface area contributed by atoms with Crippen LogP contribution in [0.2, 0.25) is 10.0 Å². The molecular weight excluding hydrogens is 535 g/mol. The number of rotatable bonds is 6. The molecule has 5 rings (SSSR count). The second-order valence-electron chi connectivity index (χ2n) is 9.38. The molecule has 0 spiro atoms. The fourth-order valence-electron chi connectivity index (χ4n) is 5.14. The molecular formula is C30H24Cl2N4O3. The normalized spacial score (nSPS) is 13.7. The molecule has 1 N–H and O–H groups in total. The number of piperidine rings is 1. The van der Waals surface area contributed by atoms with Crippen molar-refractivity contribution in [2.75, 3.05) is 13.1 Å². The lowest BCUT2D eigenvalue weighted by Gasteiger charge is -2.32. The van der Waals surface area contributed by atoms with Crippen molar-refractivity contribution < 1.29 is 14.7 Å². The molecule has 1 aliphatic heterocycles. The maximum Gasteiger partial charge on any atom is 0.307 e. The Bertz CT molecular complexity index is 1580. The Kier molecular flexibility index (Phi) is 7.69. The number of halogens is 2. The highest BCUT2D eigenvalue weighted by molar-refractivity contribution is 6.32. The van der Waals surface area contributed by atoms with Gasteiger partial charge in [-0.3, -0.25) is 9.59 Å². The van der Waals surface area contributed by atoms with Crippen LogP contribution in [0.4, 0.5) is 0 Å². The zero-order valence-electron chi connectivity index (χ0n) is 20.8. The molecule has 9 heteroatoms. The van der Waals surface area contributed by atoms with Gasteiger partial charge in [-0.1, -0.05) is 65.7 Å². The number of carbonyl (C=O) groups is 2. The second kappa shape index (κ2) is 11.3. The van der Waals surface area contributed by atoms with Crippen molar-refractivity contribution in [3.63, 3.8) is 0 Å². The minimum absolute atomic E-state index is 0.0816. The summed E-state index contributed by atoms with van der Waals surface area (Å²) in [6.45, 7) is 0.927. The number of likely N-dealkylation sites (tertiary alicyclic amines) is 1. The van der Waals surface area contributed by atoms with Gasteiger partial charge in [-0.25, -0.2) is 4.68 Å². The van der Waals surface area contributed by atoms with E-state index in [9.17, 15) is 20.0 Å². The molecule has 3 aromatic carbocycles. The van der Waals surface area contributed by atoms with Gasteiger partial charge >= 0.3 is 5.97 Å². The first-order valence-electron chi connectivity index (χ1n) is 12.5. The van der Waals surface area contributed by atoms with Gasteiger partial charge < -0.3 is 10.0 Å². The van der Waals surface area contributed by atoms with E-state index in [0.717, 1.165) is 5.56 Å². The highest BCUT2D eigenvalue weighted by atomic mass is 35.5. The van der Waals surface area contributed by atoms with Crippen molar-refractivity contribution in [3.05, 3.63) is 105 Å². The monoisotopic (exact) mass is 558 g/mol. The van der Waals surface area contributed by atoms with Crippen LogP contribution in [0.5, 0.6) is 0 Å². The SMILES string of the molecule is N#Cc1ccccc1C1CCN(C(=O)c2nn(-c3ccccc3Cl)c(-c3ccc(Cl)cc3)c2CC(=O)O)CC1. The van der Waals surface area contributed by atoms with Crippen LogP contribution in [-0.2, 0) is 11.2 Å². The van der Waals surface area contributed by atoms with Crippen molar-refractivity contribution in [1.82, 2.24) is 14.7 Å². The van der Waals surface area contributed by atoms with Crippen LogP contribution in [-0.4, -0.2) is 44.8 Å². The van der Waals surface area contributed by atoms with Crippen LogP contribution in [0, 0.1) is 11.3 Å². The van der Waals surface area contributed by atoms with Gasteiger partial charge in [0.1, 0.15) is 0 Å². The molecule has 4 aromatic rings. The Morgan fingerprint density at radius 3 is 2.31 bits per heavy atom. The van der Waals surface area contributed by atoms with Crippen molar-refractivity contribution in [2.45, 2.75) is 25.2 Å². The zero-order valence-corrected chi connectivity index (χ0v) is 22.4. The number of aliphatic carboxylic acids is 1. The minimum Gasteiger partial charge on any atom is -0.481 e. The molecule has 0 unspecified atom stereocenters. The number of carboxylic acid groups (broad SMARTS) is 1. The molecule has 0 saturated carbocycles. The van der Waals surface area contributed by atoms with Gasteiger partial charge in [-0.05, 0) is 54.7 Å². The van der Waals surface area contributed by atoms with Crippen LogP contribution in [0.25, 0.3) is 16.9 Å². The largest absolute Gasteiger partial charge is 0.481 e. The summed E-state index contributed by atoms with van der Waals surface area (Å²) in [5.74, 6) is -1.25. The number of aromatic nitrogens is 2. The van der Waals surface area contributed by atoms with E-state index in [4.69, 9.17) is 23.2 Å². The Balaban J connectivity index is 1.55. The summed E-state index contributed by atoms with van der Waals surface area (Å²) in [6.07, 6.45) is 0.984. The maximum absolute atomic E-state index is 13.9. The molecule has 7 nitrogen and oxygen atoms in total. The van der Waals surface area contributed by atoms with Crippen LogP contribution < -0.4 is 0 Å². The number of hydrogen-bond acceptors (Lipinski definition) is 4. The zero-order chi connectivity index (χ0) is 27.5. The predicted molar refractivity (Wildman–Crippen MR) is 149 cm³/mol. The molecule has 196 valence electrons. The van der Waals surface area contributed by atoms with Crippen molar-refractivity contribution in [1.29, 1.82) is 5.26 Å². The van der Waals surface area contributed by atoms with Gasteiger partial charge in [0.25, 0.3) is 5.91 Å². The summed E-state index contributed by atoms with van der Waals surface area (Å²) >= 11 is 12.6. The lowest BCUT2D eigenvalue weighted by atomic mass is 9.86. The Hall–Kier alpha value is -4.12. The first kappa shape index (κ1) is 26.5. The number of benzene rings is 3. The van der Waals surface area contributed by atoms with E-state index in [0.29, 0.717) is 64.0 Å². The molecule has 0 aliphatic carbocycles. The summed E-state index contributed by atoms with van der Waals surface area (Å²) in [7, 11) is 0. The van der Waals surface area contributed by atoms with Gasteiger partial charge in [-0.15, -0.1) is 0 Å². The summed E-state index contributed by atoms with van der Waals surface area (Å²) in [4.78, 5) is 27.6. The van der Waals surface area contributed by atoms with Crippen molar-refractivity contribution in [2.24, 2.45) is 0 Å². The molecule has 1 amide bonds. The molecule has 39 heavy (non-hydrogen) atoms. The van der Waals surface area contributed by atoms with Crippen molar-refractivity contribution >= 4 is 35.1 Å². The number of hydrogen-bond donors (Lipinski definition) is 1. The number of nitriles is 1. The molecule has 2 heterocycles. The Morgan fingerprint density at radius 2 is 1.64 bits per heavy atom. The maximum atomic E-state index is 13.9. The van der Waals surface area contributed by atoms with Crippen LogP contribution in [0.3, 0.4) is 0 Å². The molecule has 1 saturated heterocycles. The minimum atomic E-state index is -1.08. The van der Waals surface area contributed by atoms with Gasteiger partial charge in [0.2, 0.25) is 0 Å². The van der Waals surface area contributed by atoms with Crippen LogP contribution >= 0.6 is 23.2 Å². The lowest BCUT2D eigenvalue weighted by Crippen LogP contribution is -2.38. The quantitative estimate of drug-likeness (QED) is 0.296. The highest BCUT2D eigenvalue weighted by Gasteiger charge is 2.32. The van der Waals surface area contributed by atoms with E-state index < -0.39 is 12.4 Å². The molecule has 0 atom stereocenters. The number of carbonyl (C=O) groups excluding carboxylic acids is 1. The fourth-order valence-corrected chi connectivity index (χ4v) is 5.48. The molecule has 1 fully saturated rings. The molecule has 1 aliphatic rings. The van der Waals surface area contributed by atoms with E-state index in [2.05, 4.69) is 11.2 Å². The third-order valence-electron chi connectivity index (χ3n) is 7.02. The molecule has 0 radical (unpaired) electrons. The lowest BCUT2D eigenvalue weighted by molar-refractivity contribution is -0.136. The topological polar surface area (TPSA) is 99.2 Å². The van der Waals surface area contributed by atoms with E-state index >= 15 is 0 Å². The average Bonchev–Trinajstić information content (AvgIpc) is 3.31. The van der Waals surface area contributed by atoms with E-state index in [1.807, 2.05) is 24.3 Å². The van der Waals surface area contributed by atoms with Gasteiger partial charge in [0.05, 0.1) is 34.5 Å². The van der Waals surface area contributed by atoms with E-state index in [1.165, 1.54) is 0 Å². The third kappa shape index (κ3) is 5.40. The standard InChI is InChI=1S/C30H24Cl2N4O3/c31-22-11-9-20(10-12-22)29-24(17-27(37)38)28(34-36(29)26-8-4-3-7-25(26)32)30(39)35-15-13-19(14-16-35)23-6-2-1-5-21(23)18-33/h1-12,19H,13-17H2,(H,37,38). The van der Waals surface area contributed by atoms with Crippen LogP contribution in [0.1, 0.15) is 45.9 Å². The van der Waals surface area contributed by atoms with Gasteiger partial charge in [0, 0.05) is 29.2 Å². The van der Waals surface area contributed by atoms with E-state index in [-0.39, 0.29) is 17.5 Å². The van der Waals surface area contributed by atoms with Crippen LogP contribution in [0.15, 0.2) is 72.8 Å². The summed E-state index contributed by atoms with van der Waals surface area (Å²) in [6, 6.07) is 23.8. The van der Waals surface area contributed by atoms with Gasteiger partial charge in [0.15, 0.2) is 5.69 Å². The highest BCUT2D eigenvalue weighted by Crippen LogP contribution is 2.35. The smallest absolute Gasteiger partial charge is 0.307 e. The summed E-state index contributed by atoms with van der Waals surface area (Å²) in [5.41, 5.74) is 3.70. The summed E-state index contributed by atoms with van der Waals surface area (Å²) < 4.78 is 1.55. The first-order valence-corrected chi connectivity index (χ1v) is 13.3. The van der Waals surface area contributed by atoms with Gasteiger partial charge in [-0.2, -0.15) is 10.4 Å². The Labute approximate surface area is 235 Å². The first-order chi connectivity index (χ1) is 18.9. The predicted octanol–water partition coefficient (Wildman–Crippen LogP) is 6.36. The number of carboxylic acids is 1. The summed E-state index contributed by atoms with van der Waals surface area (Å²) in [5, 5.41) is 24.9. The fraction of sp³-hybridized carbons (Fsp3) is 0.200. The van der Waals surface area contributed by atoms with E-state index in [1.54, 1.807) is 58.1 Å². The second-order valence-corrected chi connectivity index (χ2v) is 10.2. The Morgan fingerprint density at radius 1 is 0.974 bits per heavy atom.